The molecule has 1 aromatic carbocycles. The van der Waals surface area contributed by atoms with Crippen LogP contribution in [-0.2, 0) is 14.8 Å². The molecule has 8 nitrogen and oxygen atoms in total. The quantitative estimate of drug-likeness (QED) is 0.798. The Morgan fingerprint density at radius 3 is 2.83 bits per heavy atom. The van der Waals surface area contributed by atoms with Crippen molar-refractivity contribution in [3.05, 3.63) is 42.5 Å². The van der Waals surface area contributed by atoms with Gasteiger partial charge in [-0.1, -0.05) is 11.3 Å². The molecule has 0 unspecified atom stereocenters. The monoisotopic (exact) mass is 353 g/mol. The molecular formula is C14H16FN5O3S. The van der Waals surface area contributed by atoms with Gasteiger partial charge in [0.1, 0.15) is 5.82 Å². The Hall–Kier alpha value is -2.33. The molecule has 128 valence electrons. The average Bonchev–Trinajstić information content (AvgIpc) is 2.99. The maximum Gasteiger partial charge on any atom is 0.240 e. The number of amides is 1. The number of carbonyl (C=O) groups excluding carboxylic acids is 1. The SMILES string of the molecule is O=C(CCNS(=O)(=O)c1cccc(F)c1)N1CC(n2ccnn2)C1. The molecule has 3 rings (SSSR count). The minimum Gasteiger partial charge on any atom is -0.338 e. The smallest absolute Gasteiger partial charge is 0.240 e. The minimum absolute atomic E-state index is 0.0395. The van der Waals surface area contributed by atoms with Crippen LogP contribution in [0.4, 0.5) is 4.39 Å². The van der Waals surface area contributed by atoms with E-state index in [4.69, 9.17) is 0 Å². The summed E-state index contributed by atoms with van der Waals surface area (Å²) in [6.45, 7) is 1.01. The van der Waals surface area contributed by atoms with Gasteiger partial charge in [0.2, 0.25) is 15.9 Å². The van der Waals surface area contributed by atoms with Crippen molar-refractivity contribution in [1.82, 2.24) is 24.6 Å². The second kappa shape index (κ2) is 6.65. The van der Waals surface area contributed by atoms with E-state index in [1.54, 1.807) is 22.0 Å². The molecule has 1 amide bonds. The van der Waals surface area contributed by atoms with Gasteiger partial charge in [-0.15, -0.1) is 5.10 Å². The Labute approximate surface area is 138 Å². The summed E-state index contributed by atoms with van der Waals surface area (Å²) in [5.74, 6) is -0.776. The van der Waals surface area contributed by atoms with Gasteiger partial charge in [-0.3, -0.25) is 4.79 Å². The summed E-state index contributed by atoms with van der Waals surface area (Å²) in [5, 5.41) is 7.59. The summed E-state index contributed by atoms with van der Waals surface area (Å²) >= 11 is 0. The second-order valence-electron chi connectivity index (χ2n) is 5.44. The first-order valence-corrected chi connectivity index (χ1v) is 8.83. The number of hydrogen-bond donors (Lipinski definition) is 1. The van der Waals surface area contributed by atoms with Gasteiger partial charge in [-0.2, -0.15) is 0 Å². The molecule has 2 aromatic rings. The summed E-state index contributed by atoms with van der Waals surface area (Å²) in [6, 6.07) is 4.82. The Bertz CT molecular complexity index is 819. The van der Waals surface area contributed by atoms with Crippen LogP contribution in [0.2, 0.25) is 0 Å². The van der Waals surface area contributed by atoms with E-state index >= 15 is 0 Å². The van der Waals surface area contributed by atoms with Gasteiger partial charge in [0, 0.05) is 32.3 Å². The van der Waals surface area contributed by atoms with E-state index in [1.807, 2.05) is 0 Å². The zero-order valence-corrected chi connectivity index (χ0v) is 13.5. The first-order valence-electron chi connectivity index (χ1n) is 7.34. The fourth-order valence-electron chi connectivity index (χ4n) is 2.41. The van der Waals surface area contributed by atoms with Crippen molar-refractivity contribution in [3.63, 3.8) is 0 Å². The van der Waals surface area contributed by atoms with Gasteiger partial charge in [0.15, 0.2) is 0 Å². The highest BCUT2D eigenvalue weighted by molar-refractivity contribution is 7.89. The van der Waals surface area contributed by atoms with E-state index in [-0.39, 0.29) is 29.8 Å². The molecule has 1 aliphatic rings. The van der Waals surface area contributed by atoms with Gasteiger partial charge >= 0.3 is 0 Å². The number of nitrogens with one attached hydrogen (secondary N) is 1. The fourth-order valence-corrected chi connectivity index (χ4v) is 3.47. The number of aromatic nitrogens is 3. The third kappa shape index (κ3) is 3.60. The first-order chi connectivity index (χ1) is 11.5. The standard InChI is InChI=1S/C14H16FN5O3S/c15-11-2-1-3-13(8-11)24(22,23)17-5-4-14(21)19-9-12(10-19)20-7-6-16-18-20/h1-3,6-8,12,17H,4-5,9-10H2. The van der Waals surface area contributed by atoms with E-state index in [0.29, 0.717) is 13.1 Å². The number of benzene rings is 1. The number of sulfonamides is 1. The zero-order chi connectivity index (χ0) is 17.2. The molecule has 1 aromatic heterocycles. The van der Waals surface area contributed by atoms with Crippen LogP contribution in [0, 0.1) is 5.82 Å². The largest absolute Gasteiger partial charge is 0.338 e. The molecule has 24 heavy (non-hydrogen) atoms. The van der Waals surface area contributed by atoms with Crippen molar-refractivity contribution in [2.24, 2.45) is 0 Å². The van der Waals surface area contributed by atoms with Crippen LogP contribution in [0.1, 0.15) is 12.5 Å². The molecule has 0 radical (unpaired) electrons. The summed E-state index contributed by atoms with van der Waals surface area (Å²) in [5.41, 5.74) is 0. The third-order valence-corrected chi connectivity index (χ3v) is 5.23. The molecule has 1 N–H and O–H groups in total. The van der Waals surface area contributed by atoms with E-state index in [0.717, 1.165) is 12.1 Å². The van der Waals surface area contributed by atoms with Gasteiger partial charge in [0.25, 0.3) is 0 Å². The summed E-state index contributed by atoms with van der Waals surface area (Å²) in [7, 11) is -3.82. The molecule has 0 saturated carbocycles. The van der Waals surface area contributed by atoms with E-state index in [1.165, 1.54) is 12.1 Å². The number of carbonyl (C=O) groups is 1. The summed E-state index contributed by atoms with van der Waals surface area (Å²) < 4.78 is 41.1. The van der Waals surface area contributed by atoms with Crippen LogP contribution in [0.5, 0.6) is 0 Å². The molecule has 0 spiro atoms. The van der Waals surface area contributed by atoms with Crippen LogP contribution in [0.25, 0.3) is 0 Å². The Morgan fingerprint density at radius 2 is 2.17 bits per heavy atom. The van der Waals surface area contributed by atoms with E-state index < -0.39 is 15.8 Å². The van der Waals surface area contributed by atoms with Gasteiger partial charge in [0.05, 0.1) is 17.1 Å². The highest BCUT2D eigenvalue weighted by atomic mass is 32.2. The molecule has 10 heteroatoms. The lowest BCUT2D eigenvalue weighted by atomic mass is 10.1. The highest BCUT2D eigenvalue weighted by Crippen LogP contribution is 2.20. The number of rotatable bonds is 6. The Balaban J connectivity index is 1.46. The summed E-state index contributed by atoms with van der Waals surface area (Å²) in [6.07, 6.45) is 3.35. The molecule has 0 bridgehead atoms. The van der Waals surface area contributed by atoms with E-state index in [2.05, 4.69) is 15.0 Å². The Morgan fingerprint density at radius 1 is 1.38 bits per heavy atom. The van der Waals surface area contributed by atoms with Crippen LogP contribution in [0.15, 0.2) is 41.6 Å². The van der Waals surface area contributed by atoms with Crippen LogP contribution in [0.3, 0.4) is 0 Å². The normalized spacial score (nSPS) is 15.3. The molecule has 1 aliphatic heterocycles. The summed E-state index contributed by atoms with van der Waals surface area (Å²) in [4.78, 5) is 13.5. The molecule has 2 heterocycles. The molecule has 1 saturated heterocycles. The molecular weight excluding hydrogens is 337 g/mol. The number of halogens is 1. The van der Waals surface area contributed by atoms with Gasteiger partial charge in [-0.25, -0.2) is 22.2 Å². The highest BCUT2D eigenvalue weighted by Gasteiger charge is 2.32. The average molecular weight is 353 g/mol. The molecule has 0 atom stereocenters. The Kier molecular flexibility index (Phi) is 4.58. The zero-order valence-electron chi connectivity index (χ0n) is 12.7. The fraction of sp³-hybridized carbons (Fsp3) is 0.357. The van der Waals surface area contributed by atoms with Gasteiger partial charge < -0.3 is 4.90 Å². The second-order valence-corrected chi connectivity index (χ2v) is 7.21. The number of hydrogen-bond acceptors (Lipinski definition) is 5. The van der Waals surface area contributed by atoms with Crippen molar-refractivity contribution in [1.29, 1.82) is 0 Å². The maximum absolute atomic E-state index is 13.1. The van der Waals surface area contributed by atoms with E-state index in [9.17, 15) is 17.6 Å². The lowest BCUT2D eigenvalue weighted by molar-refractivity contribution is -0.137. The van der Waals surface area contributed by atoms with Gasteiger partial charge in [-0.05, 0) is 18.2 Å². The number of likely N-dealkylation sites (tertiary alicyclic amines) is 1. The third-order valence-electron chi connectivity index (χ3n) is 3.77. The van der Waals surface area contributed by atoms with Crippen LogP contribution >= 0.6 is 0 Å². The maximum atomic E-state index is 13.1. The van der Waals surface area contributed by atoms with Crippen molar-refractivity contribution in [2.75, 3.05) is 19.6 Å². The predicted molar refractivity (Wildman–Crippen MR) is 81.8 cm³/mol. The molecule has 1 fully saturated rings. The van der Waals surface area contributed by atoms with Crippen LogP contribution in [-0.4, -0.2) is 53.9 Å². The lowest BCUT2D eigenvalue weighted by Gasteiger charge is -2.38. The lowest BCUT2D eigenvalue weighted by Crippen LogP contribution is -2.51. The topological polar surface area (TPSA) is 97.2 Å². The van der Waals surface area contributed by atoms with Crippen molar-refractivity contribution in [2.45, 2.75) is 17.4 Å². The molecule has 0 aliphatic carbocycles. The van der Waals surface area contributed by atoms with Crippen molar-refractivity contribution < 1.29 is 17.6 Å². The first kappa shape index (κ1) is 16.5. The minimum atomic E-state index is -3.82. The van der Waals surface area contributed by atoms with Crippen molar-refractivity contribution >= 4 is 15.9 Å². The van der Waals surface area contributed by atoms with Crippen molar-refractivity contribution in [3.8, 4) is 0 Å². The van der Waals surface area contributed by atoms with Crippen LogP contribution < -0.4 is 4.72 Å². The predicted octanol–water partition coefficient (Wildman–Crippen LogP) is 0.169. The number of nitrogens with zero attached hydrogens (tertiary/aromatic N) is 4.